The molecule has 0 aliphatic heterocycles. The summed E-state index contributed by atoms with van der Waals surface area (Å²) in [5.41, 5.74) is 1.47. The number of benzene rings is 1. The van der Waals surface area contributed by atoms with Crippen LogP contribution in [0.1, 0.15) is 21.0 Å². The lowest BCUT2D eigenvalue weighted by Gasteiger charge is -2.23. The molecule has 0 unspecified atom stereocenters. The van der Waals surface area contributed by atoms with Gasteiger partial charge < -0.3 is 0 Å². The van der Waals surface area contributed by atoms with Crippen molar-refractivity contribution in [1.82, 2.24) is 14.0 Å². The van der Waals surface area contributed by atoms with E-state index in [0.717, 1.165) is 29.8 Å². The topological polar surface area (TPSA) is 47.2 Å². The van der Waals surface area contributed by atoms with Gasteiger partial charge in [0.1, 0.15) is 0 Å². The zero-order valence-corrected chi connectivity index (χ0v) is 16.8. The Bertz CT molecular complexity index is 1020. The van der Waals surface area contributed by atoms with Gasteiger partial charge in [0.2, 0.25) is 0 Å². The van der Waals surface area contributed by atoms with Crippen LogP contribution >= 0.6 is 11.3 Å². The highest BCUT2D eigenvalue weighted by Gasteiger charge is 2.13. The van der Waals surface area contributed by atoms with E-state index in [1.54, 1.807) is 29.0 Å². The first-order valence-electron chi connectivity index (χ1n) is 9.01. The fourth-order valence-corrected chi connectivity index (χ4v) is 4.03. The Hall–Kier alpha value is -2.44. The second-order valence-electron chi connectivity index (χ2n) is 6.83. The Balaban J connectivity index is 1.83. The van der Waals surface area contributed by atoms with Gasteiger partial charge in [-0.2, -0.15) is 0 Å². The Morgan fingerprint density at radius 1 is 0.963 bits per heavy atom. The Morgan fingerprint density at radius 3 is 2.37 bits per heavy atom. The maximum Gasteiger partial charge on any atom is 0.330 e. The molecule has 0 aliphatic rings. The van der Waals surface area contributed by atoms with E-state index >= 15 is 0 Å². The predicted molar refractivity (Wildman–Crippen MR) is 110 cm³/mol. The lowest BCUT2D eigenvalue weighted by molar-refractivity contribution is 0.254. The third-order valence-electron chi connectivity index (χ3n) is 4.75. The van der Waals surface area contributed by atoms with Gasteiger partial charge in [-0.3, -0.25) is 18.8 Å². The number of hydrogen-bond donors (Lipinski definition) is 0. The van der Waals surface area contributed by atoms with Crippen molar-refractivity contribution in [1.29, 1.82) is 0 Å². The molecule has 1 aromatic carbocycles. The van der Waals surface area contributed by atoms with Crippen molar-refractivity contribution >= 4 is 11.3 Å². The van der Waals surface area contributed by atoms with E-state index in [1.807, 2.05) is 18.2 Å². The van der Waals surface area contributed by atoms with Crippen molar-refractivity contribution in [2.45, 2.75) is 26.4 Å². The molecule has 0 fully saturated rings. The molecule has 142 valence electrons. The number of aryl methyl sites for hydroxylation is 1. The van der Waals surface area contributed by atoms with Gasteiger partial charge in [-0.25, -0.2) is 4.79 Å². The van der Waals surface area contributed by atoms with Crippen molar-refractivity contribution < 1.29 is 0 Å². The molecule has 0 radical (unpaired) electrons. The quantitative estimate of drug-likeness (QED) is 0.630. The molecule has 3 aromatic rings. The Labute approximate surface area is 163 Å². The summed E-state index contributed by atoms with van der Waals surface area (Å²) in [5, 5.41) is 0. The van der Waals surface area contributed by atoms with Crippen LogP contribution in [-0.2, 0) is 33.6 Å². The third-order valence-corrected chi connectivity index (χ3v) is 5.73. The largest absolute Gasteiger partial charge is 0.330 e. The fraction of sp³-hybridized carbons (Fsp3) is 0.333. The van der Waals surface area contributed by atoms with Crippen molar-refractivity contribution in [2.75, 3.05) is 6.54 Å². The van der Waals surface area contributed by atoms with E-state index in [0.29, 0.717) is 6.54 Å². The van der Waals surface area contributed by atoms with Crippen LogP contribution in [0.4, 0.5) is 0 Å². The molecule has 0 N–H and O–H groups in total. The van der Waals surface area contributed by atoms with Crippen LogP contribution < -0.4 is 11.2 Å². The van der Waals surface area contributed by atoms with Crippen LogP contribution in [-0.4, -0.2) is 20.6 Å². The zero-order chi connectivity index (χ0) is 19.4. The van der Waals surface area contributed by atoms with Gasteiger partial charge in [-0.15, -0.1) is 11.3 Å². The second kappa shape index (κ2) is 8.50. The Kier molecular flexibility index (Phi) is 6.08. The van der Waals surface area contributed by atoms with Crippen LogP contribution in [0.5, 0.6) is 0 Å². The highest BCUT2D eigenvalue weighted by Crippen LogP contribution is 2.18. The van der Waals surface area contributed by atoms with Crippen LogP contribution in [0.2, 0.25) is 0 Å². The van der Waals surface area contributed by atoms with Gasteiger partial charge in [0.05, 0.1) is 0 Å². The van der Waals surface area contributed by atoms with Gasteiger partial charge in [-0.05, 0) is 31.0 Å². The number of aromatic nitrogens is 2. The van der Waals surface area contributed by atoms with E-state index < -0.39 is 0 Å². The van der Waals surface area contributed by atoms with Crippen LogP contribution in [0.15, 0.2) is 58.1 Å². The van der Waals surface area contributed by atoms with Crippen molar-refractivity contribution in [3.05, 3.63) is 90.4 Å². The first-order chi connectivity index (χ1) is 12.9. The average molecular weight is 384 g/mol. The maximum atomic E-state index is 12.2. The molecule has 2 heterocycles. The van der Waals surface area contributed by atoms with Crippen molar-refractivity contribution in [3.63, 3.8) is 0 Å². The molecular formula is C21H25N3O2S. The lowest BCUT2D eigenvalue weighted by Crippen LogP contribution is -2.39. The number of rotatable bonds is 7. The maximum absolute atomic E-state index is 12.2. The molecular weight excluding hydrogens is 358 g/mol. The zero-order valence-electron chi connectivity index (χ0n) is 16.0. The SMILES string of the molecule is Cc1ccc(CN(CCc2ccccc2)Cc2cc(=O)n(C)c(=O)n2C)s1. The monoisotopic (exact) mass is 383 g/mol. The normalized spacial score (nSPS) is 11.3. The highest BCUT2D eigenvalue weighted by molar-refractivity contribution is 7.11. The summed E-state index contributed by atoms with van der Waals surface area (Å²) in [6, 6.07) is 16.2. The first-order valence-corrected chi connectivity index (χ1v) is 9.83. The van der Waals surface area contributed by atoms with E-state index in [2.05, 4.69) is 36.1 Å². The number of hydrogen-bond acceptors (Lipinski definition) is 4. The number of thiophene rings is 1. The average Bonchev–Trinajstić information content (AvgIpc) is 3.08. The summed E-state index contributed by atoms with van der Waals surface area (Å²) in [7, 11) is 3.23. The predicted octanol–water partition coefficient (Wildman–Crippen LogP) is 2.70. The van der Waals surface area contributed by atoms with Gasteiger partial charge in [0.15, 0.2) is 0 Å². The minimum atomic E-state index is -0.285. The van der Waals surface area contributed by atoms with Gasteiger partial charge >= 0.3 is 5.69 Å². The van der Waals surface area contributed by atoms with E-state index in [-0.39, 0.29) is 11.2 Å². The van der Waals surface area contributed by atoms with E-state index in [1.165, 1.54) is 22.4 Å². The summed E-state index contributed by atoms with van der Waals surface area (Å²) in [5.74, 6) is 0. The molecule has 0 saturated heterocycles. The Morgan fingerprint density at radius 2 is 1.70 bits per heavy atom. The van der Waals surface area contributed by atoms with E-state index in [9.17, 15) is 9.59 Å². The van der Waals surface area contributed by atoms with Crippen LogP contribution in [0.3, 0.4) is 0 Å². The first kappa shape index (κ1) is 19.3. The molecule has 0 amide bonds. The fourth-order valence-electron chi connectivity index (χ4n) is 3.10. The molecule has 3 rings (SSSR count). The molecule has 27 heavy (non-hydrogen) atoms. The molecule has 0 atom stereocenters. The minimum absolute atomic E-state index is 0.261. The molecule has 2 aromatic heterocycles. The van der Waals surface area contributed by atoms with Crippen molar-refractivity contribution in [3.8, 4) is 0 Å². The summed E-state index contributed by atoms with van der Waals surface area (Å²) >= 11 is 1.79. The molecule has 6 heteroatoms. The third kappa shape index (κ3) is 4.84. The second-order valence-corrected chi connectivity index (χ2v) is 8.21. The van der Waals surface area contributed by atoms with Crippen LogP contribution in [0.25, 0.3) is 0 Å². The van der Waals surface area contributed by atoms with E-state index in [4.69, 9.17) is 0 Å². The number of nitrogens with zero attached hydrogens (tertiary/aromatic N) is 3. The molecule has 0 saturated carbocycles. The smallest absolute Gasteiger partial charge is 0.299 e. The van der Waals surface area contributed by atoms with Crippen LogP contribution in [0, 0.1) is 6.92 Å². The molecule has 0 spiro atoms. The lowest BCUT2D eigenvalue weighted by atomic mass is 10.1. The molecule has 0 aliphatic carbocycles. The standard InChI is InChI=1S/C21H25N3O2S/c1-16-9-10-19(27-16)15-24(12-11-17-7-5-4-6-8-17)14-18-13-20(25)23(3)21(26)22(18)2/h4-10,13H,11-12,14-15H2,1-3H3. The molecule has 5 nitrogen and oxygen atoms in total. The van der Waals surface area contributed by atoms with Gasteiger partial charge in [0.25, 0.3) is 5.56 Å². The van der Waals surface area contributed by atoms with Gasteiger partial charge in [-0.1, -0.05) is 30.3 Å². The highest BCUT2D eigenvalue weighted by atomic mass is 32.1. The van der Waals surface area contributed by atoms with Gasteiger partial charge in [0, 0.05) is 55.2 Å². The van der Waals surface area contributed by atoms with Crippen molar-refractivity contribution in [2.24, 2.45) is 14.1 Å². The summed E-state index contributed by atoms with van der Waals surface area (Å²) < 4.78 is 2.71. The summed E-state index contributed by atoms with van der Waals surface area (Å²) in [6.07, 6.45) is 0.921. The summed E-state index contributed by atoms with van der Waals surface area (Å²) in [6.45, 7) is 4.32. The molecule has 0 bridgehead atoms. The minimum Gasteiger partial charge on any atom is -0.299 e. The summed E-state index contributed by atoms with van der Waals surface area (Å²) in [4.78, 5) is 29.2.